The maximum absolute atomic E-state index is 12.8. The molecule has 0 spiro atoms. The predicted octanol–water partition coefficient (Wildman–Crippen LogP) is 2.59. The number of para-hydroxylation sites is 1. The molecule has 2 N–H and O–H groups in total. The molecule has 0 radical (unpaired) electrons. The first-order valence-electron chi connectivity index (χ1n) is 8.78. The first-order chi connectivity index (χ1) is 13.9. The summed E-state index contributed by atoms with van der Waals surface area (Å²) in [6.45, 7) is 0.916. The fourth-order valence-electron chi connectivity index (χ4n) is 2.65. The number of rotatable bonds is 6. The minimum absolute atomic E-state index is 0.314. The Labute approximate surface area is 165 Å². The average Bonchev–Trinajstić information content (AvgIpc) is 2.71. The van der Waals surface area contributed by atoms with Crippen LogP contribution in [0.25, 0.3) is 10.9 Å². The summed E-state index contributed by atoms with van der Waals surface area (Å²) in [4.78, 5) is 40.4. The number of carbonyl (C=O) groups excluding carboxylic acids is 3. The molecule has 3 rings (SSSR count). The lowest BCUT2D eigenvalue weighted by Gasteiger charge is -2.09. The Morgan fingerprint density at radius 3 is 2.52 bits per heavy atom. The van der Waals surface area contributed by atoms with Crippen molar-refractivity contribution in [2.24, 2.45) is 0 Å². The van der Waals surface area contributed by atoms with Gasteiger partial charge in [0.25, 0.3) is 5.91 Å². The Morgan fingerprint density at radius 2 is 1.76 bits per heavy atom. The predicted molar refractivity (Wildman–Crippen MR) is 105 cm³/mol. The van der Waals surface area contributed by atoms with Gasteiger partial charge in [-0.15, -0.1) is 0 Å². The Bertz CT molecular complexity index is 1070. The summed E-state index contributed by atoms with van der Waals surface area (Å²) in [5, 5.41) is 5.49. The van der Waals surface area contributed by atoms with Crippen molar-refractivity contribution in [3.63, 3.8) is 0 Å². The number of halogens is 1. The molecule has 8 heteroatoms. The maximum Gasteiger partial charge on any atom is 0.339 e. The summed E-state index contributed by atoms with van der Waals surface area (Å²) in [6, 6.07) is 13.9. The van der Waals surface area contributed by atoms with Gasteiger partial charge in [0.15, 0.2) is 6.61 Å². The number of nitrogens with zero attached hydrogens (tertiary/aromatic N) is 1. The first-order valence-corrected chi connectivity index (χ1v) is 8.78. The van der Waals surface area contributed by atoms with Crippen LogP contribution in [0.2, 0.25) is 0 Å². The molecule has 0 atom stereocenters. The summed E-state index contributed by atoms with van der Waals surface area (Å²) in [5.41, 5.74) is 2.02. The molecular weight excluding hydrogens is 377 g/mol. The van der Waals surface area contributed by atoms with Gasteiger partial charge in [0, 0.05) is 16.8 Å². The number of hydrogen-bond donors (Lipinski definition) is 2. The summed E-state index contributed by atoms with van der Waals surface area (Å²) >= 11 is 0. The summed E-state index contributed by atoms with van der Waals surface area (Å²) in [7, 11) is 0. The van der Waals surface area contributed by atoms with E-state index in [9.17, 15) is 18.8 Å². The zero-order chi connectivity index (χ0) is 20.8. The Kier molecular flexibility index (Phi) is 6.13. The number of esters is 1. The molecule has 0 aliphatic heterocycles. The minimum Gasteiger partial charge on any atom is -0.452 e. The lowest BCUT2D eigenvalue weighted by molar-refractivity contribution is -0.126. The fraction of sp³-hybridized carbons (Fsp3) is 0.143. The quantitative estimate of drug-likeness (QED) is 0.626. The topological polar surface area (TPSA) is 97.4 Å². The zero-order valence-electron chi connectivity index (χ0n) is 15.6. The third-order valence-corrected chi connectivity index (χ3v) is 3.97. The highest BCUT2D eigenvalue weighted by Gasteiger charge is 2.15. The van der Waals surface area contributed by atoms with E-state index in [0.29, 0.717) is 27.8 Å². The number of carbonyl (C=O) groups is 3. The van der Waals surface area contributed by atoms with E-state index in [0.717, 1.165) is 0 Å². The summed E-state index contributed by atoms with van der Waals surface area (Å²) in [5.74, 6) is -2.19. The van der Waals surface area contributed by atoms with Crippen LogP contribution >= 0.6 is 0 Å². The van der Waals surface area contributed by atoms with E-state index in [2.05, 4.69) is 15.6 Å². The second kappa shape index (κ2) is 8.92. The van der Waals surface area contributed by atoms with Crippen LogP contribution in [0.5, 0.6) is 0 Å². The van der Waals surface area contributed by atoms with Gasteiger partial charge >= 0.3 is 5.97 Å². The normalized spacial score (nSPS) is 10.4. The number of aryl methyl sites for hydroxylation is 1. The Balaban J connectivity index is 1.51. The molecule has 2 amide bonds. The van der Waals surface area contributed by atoms with Crippen LogP contribution in [-0.4, -0.2) is 35.9 Å². The van der Waals surface area contributed by atoms with E-state index in [1.54, 1.807) is 31.2 Å². The van der Waals surface area contributed by atoms with E-state index in [-0.39, 0.29) is 6.54 Å². The van der Waals surface area contributed by atoms with Gasteiger partial charge in [-0.05, 0) is 43.3 Å². The fourth-order valence-corrected chi connectivity index (χ4v) is 2.65. The summed E-state index contributed by atoms with van der Waals surface area (Å²) in [6.07, 6.45) is 0. The highest BCUT2D eigenvalue weighted by Crippen LogP contribution is 2.19. The van der Waals surface area contributed by atoms with Gasteiger partial charge in [0.05, 0.1) is 17.6 Å². The molecule has 0 aliphatic rings. The van der Waals surface area contributed by atoms with Gasteiger partial charge in [0.1, 0.15) is 5.82 Å². The first kappa shape index (κ1) is 19.9. The number of nitrogens with one attached hydrogen (secondary N) is 2. The molecule has 7 nitrogen and oxygen atoms in total. The lowest BCUT2D eigenvalue weighted by atomic mass is 10.1. The highest BCUT2D eigenvalue weighted by molar-refractivity contribution is 6.04. The lowest BCUT2D eigenvalue weighted by Crippen LogP contribution is -2.35. The molecule has 2 aromatic carbocycles. The van der Waals surface area contributed by atoms with Crippen molar-refractivity contribution in [2.45, 2.75) is 6.92 Å². The van der Waals surface area contributed by atoms with Gasteiger partial charge in [-0.3, -0.25) is 14.6 Å². The smallest absolute Gasteiger partial charge is 0.339 e. The van der Waals surface area contributed by atoms with E-state index in [4.69, 9.17) is 4.74 Å². The van der Waals surface area contributed by atoms with Crippen molar-refractivity contribution >= 4 is 34.4 Å². The molecule has 1 heterocycles. The minimum atomic E-state index is -0.655. The second-order valence-electron chi connectivity index (χ2n) is 6.24. The maximum atomic E-state index is 12.8. The Morgan fingerprint density at radius 1 is 1.03 bits per heavy atom. The molecule has 0 saturated carbocycles. The second-order valence-corrected chi connectivity index (χ2v) is 6.24. The monoisotopic (exact) mass is 395 g/mol. The standard InChI is InChI=1S/C21H18FN3O4/c1-13-10-17(16-4-2-3-5-18(16)24-13)21(28)29-12-20(27)23-11-19(26)25-15-8-6-14(22)7-9-15/h2-10H,11-12H2,1H3,(H,23,27)(H,25,26). The third kappa shape index (κ3) is 5.35. The van der Waals surface area contributed by atoms with Crippen molar-refractivity contribution in [2.75, 3.05) is 18.5 Å². The van der Waals surface area contributed by atoms with E-state index < -0.39 is 30.2 Å². The largest absolute Gasteiger partial charge is 0.452 e. The number of ether oxygens (including phenoxy) is 1. The molecule has 1 aromatic heterocycles. The average molecular weight is 395 g/mol. The molecule has 0 bridgehead atoms. The van der Waals surface area contributed by atoms with Crippen LogP contribution in [0.4, 0.5) is 10.1 Å². The highest BCUT2D eigenvalue weighted by atomic mass is 19.1. The van der Waals surface area contributed by atoms with Gasteiger partial charge in [-0.25, -0.2) is 9.18 Å². The van der Waals surface area contributed by atoms with Crippen molar-refractivity contribution in [1.82, 2.24) is 10.3 Å². The molecule has 0 unspecified atom stereocenters. The van der Waals surface area contributed by atoms with Crippen molar-refractivity contribution < 1.29 is 23.5 Å². The number of benzene rings is 2. The van der Waals surface area contributed by atoms with Crippen LogP contribution in [-0.2, 0) is 14.3 Å². The number of pyridine rings is 1. The molecule has 3 aromatic rings. The number of amides is 2. The zero-order valence-corrected chi connectivity index (χ0v) is 15.6. The van der Waals surface area contributed by atoms with Gasteiger partial charge in [-0.1, -0.05) is 18.2 Å². The molecule has 0 fully saturated rings. The molecule has 148 valence electrons. The van der Waals surface area contributed by atoms with Crippen LogP contribution in [0.3, 0.4) is 0 Å². The van der Waals surface area contributed by atoms with Crippen molar-refractivity contribution in [1.29, 1.82) is 0 Å². The molecule has 29 heavy (non-hydrogen) atoms. The number of aromatic nitrogens is 1. The third-order valence-electron chi connectivity index (χ3n) is 3.97. The number of hydrogen-bond acceptors (Lipinski definition) is 5. The molecular formula is C21H18FN3O4. The van der Waals surface area contributed by atoms with Crippen molar-refractivity contribution in [3.8, 4) is 0 Å². The molecule has 0 saturated heterocycles. The van der Waals surface area contributed by atoms with E-state index >= 15 is 0 Å². The van der Waals surface area contributed by atoms with Crippen molar-refractivity contribution in [3.05, 3.63) is 71.7 Å². The van der Waals surface area contributed by atoms with Crippen LogP contribution in [0, 0.1) is 12.7 Å². The number of fused-ring (bicyclic) bond motifs is 1. The van der Waals surface area contributed by atoms with Crippen LogP contribution in [0.1, 0.15) is 16.1 Å². The molecule has 0 aliphatic carbocycles. The SMILES string of the molecule is Cc1cc(C(=O)OCC(=O)NCC(=O)Nc2ccc(F)cc2)c2ccccc2n1. The summed E-state index contributed by atoms with van der Waals surface area (Å²) < 4.78 is 17.9. The number of anilines is 1. The van der Waals surface area contributed by atoms with E-state index in [1.165, 1.54) is 24.3 Å². The van der Waals surface area contributed by atoms with E-state index in [1.807, 2.05) is 6.07 Å². The van der Waals surface area contributed by atoms with Gasteiger partial charge < -0.3 is 15.4 Å². The van der Waals surface area contributed by atoms with Crippen LogP contribution < -0.4 is 10.6 Å². The van der Waals surface area contributed by atoms with Gasteiger partial charge in [-0.2, -0.15) is 0 Å². The van der Waals surface area contributed by atoms with Crippen LogP contribution in [0.15, 0.2) is 54.6 Å². The van der Waals surface area contributed by atoms with Gasteiger partial charge in [0.2, 0.25) is 5.91 Å². The Hall–Kier alpha value is -3.81.